The fraction of sp³-hybridized carbons (Fsp3) is 0.120. The van der Waals surface area contributed by atoms with Crippen molar-refractivity contribution in [2.45, 2.75) is 0 Å². The van der Waals surface area contributed by atoms with Gasteiger partial charge in [0, 0.05) is 35.5 Å². The molecule has 0 heterocycles. The summed E-state index contributed by atoms with van der Waals surface area (Å²) in [4.78, 5) is 0. The molecule has 6 atom stereocenters. The lowest BCUT2D eigenvalue weighted by molar-refractivity contribution is 0.642. The van der Waals surface area contributed by atoms with Crippen LogP contribution in [0.5, 0.6) is 0 Å². The van der Waals surface area contributed by atoms with Crippen LogP contribution < -0.4 is 20.9 Å². The minimum absolute atomic E-state index is 0.233. The summed E-state index contributed by atoms with van der Waals surface area (Å²) in [7, 11) is 0. The fourth-order valence-corrected chi connectivity index (χ4v) is 9.42. The Morgan fingerprint density at radius 2 is 0.720 bits per heavy atom. The van der Waals surface area contributed by atoms with E-state index in [2.05, 4.69) is 194 Å². The van der Waals surface area contributed by atoms with E-state index < -0.39 is 0 Å². The van der Waals surface area contributed by atoms with Crippen LogP contribution in [0.2, 0.25) is 0 Å². The molecule has 0 radical (unpaired) electrons. The van der Waals surface area contributed by atoms with E-state index in [9.17, 15) is 0 Å². The molecule has 0 N–H and O–H groups in total. The van der Waals surface area contributed by atoms with Gasteiger partial charge in [-0.2, -0.15) is 0 Å². The van der Waals surface area contributed by atoms with E-state index in [4.69, 9.17) is 0 Å². The summed E-state index contributed by atoms with van der Waals surface area (Å²) >= 11 is 0. The van der Waals surface area contributed by atoms with Crippen molar-refractivity contribution >= 4 is 22.3 Å². The van der Waals surface area contributed by atoms with Crippen molar-refractivity contribution in [2.24, 2.45) is 35.5 Å². The Balaban J connectivity index is 1.26. The average Bonchev–Trinajstić information content (AvgIpc) is 3.19. The molecule has 4 aromatic carbocycles. The molecule has 10 rings (SSSR count). The minimum Gasteiger partial charge on any atom is -0.0767 e. The first kappa shape index (κ1) is 29.2. The topological polar surface area (TPSA) is 0 Å². The number of hydrogen-bond acceptors (Lipinski definition) is 0. The van der Waals surface area contributed by atoms with Crippen LogP contribution in [-0.2, 0) is 0 Å². The first-order valence-electron chi connectivity index (χ1n) is 18.1. The molecule has 0 aliphatic heterocycles. The molecule has 0 spiro atoms. The summed E-state index contributed by atoms with van der Waals surface area (Å²) in [5.74, 6) is 1.83. The highest BCUT2D eigenvalue weighted by atomic mass is 14.4. The van der Waals surface area contributed by atoms with Crippen LogP contribution in [0.25, 0.3) is 33.4 Å². The molecule has 0 saturated carbocycles. The molecule has 0 bridgehead atoms. The number of allylic oxidation sites excluding steroid dienone is 16. The maximum absolute atomic E-state index is 2.52. The van der Waals surface area contributed by atoms with Crippen molar-refractivity contribution in [1.82, 2.24) is 0 Å². The maximum Gasteiger partial charge on any atom is 0.0137 e. The lowest BCUT2D eigenvalue weighted by Gasteiger charge is -2.40. The monoisotopic (exact) mass is 638 g/mol. The zero-order chi connectivity index (χ0) is 33.0. The van der Waals surface area contributed by atoms with Crippen molar-refractivity contribution in [2.75, 3.05) is 0 Å². The van der Waals surface area contributed by atoms with Crippen LogP contribution in [0.1, 0.15) is 5.56 Å². The van der Waals surface area contributed by atoms with Gasteiger partial charge in [0.05, 0.1) is 0 Å². The lowest BCUT2D eigenvalue weighted by atomic mass is 9.63. The molecule has 0 aromatic heterocycles. The van der Waals surface area contributed by atoms with Crippen LogP contribution in [0.4, 0.5) is 0 Å². The second-order valence-corrected chi connectivity index (χ2v) is 14.2. The Kier molecular flexibility index (Phi) is 7.01. The van der Waals surface area contributed by atoms with Crippen molar-refractivity contribution in [3.8, 4) is 11.1 Å². The van der Waals surface area contributed by atoms with Gasteiger partial charge in [0.25, 0.3) is 0 Å². The Labute approximate surface area is 294 Å². The van der Waals surface area contributed by atoms with Crippen molar-refractivity contribution in [3.05, 3.63) is 226 Å². The van der Waals surface area contributed by atoms with E-state index in [-0.39, 0.29) is 23.7 Å². The molecule has 238 valence electrons. The Hall–Kier alpha value is -5.72. The predicted molar refractivity (Wildman–Crippen MR) is 209 cm³/mol. The third kappa shape index (κ3) is 4.66. The molecule has 4 aromatic rings. The van der Waals surface area contributed by atoms with Crippen molar-refractivity contribution < 1.29 is 0 Å². The summed E-state index contributed by atoms with van der Waals surface area (Å²) in [6, 6.07) is 38.4. The third-order valence-corrected chi connectivity index (χ3v) is 11.6. The zero-order valence-electron chi connectivity index (χ0n) is 27.9. The van der Waals surface area contributed by atoms with E-state index in [0.29, 0.717) is 11.8 Å². The predicted octanol–water partition coefficient (Wildman–Crippen LogP) is 8.30. The Bertz CT molecular complexity index is 2540. The summed E-state index contributed by atoms with van der Waals surface area (Å²) < 4.78 is 0. The van der Waals surface area contributed by atoms with Crippen LogP contribution in [0.15, 0.2) is 200 Å². The van der Waals surface area contributed by atoms with Crippen LogP contribution >= 0.6 is 0 Å². The van der Waals surface area contributed by atoms with Gasteiger partial charge in [-0.1, -0.05) is 194 Å². The number of rotatable bonds is 4. The third-order valence-electron chi connectivity index (χ3n) is 11.6. The van der Waals surface area contributed by atoms with E-state index in [1.54, 1.807) is 0 Å². The lowest BCUT2D eigenvalue weighted by Crippen LogP contribution is -2.46. The normalized spacial score (nSPS) is 26.6. The summed E-state index contributed by atoms with van der Waals surface area (Å²) in [5, 5.41) is 5.46. The molecule has 6 aliphatic carbocycles. The minimum atomic E-state index is 0.233. The summed E-state index contributed by atoms with van der Waals surface area (Å²) in [6.45, 7) is 0. The zero-order valence-corrected chi connectivity index (χ0v) is 27.9. The average molecular weight is 639 g/mol. The fourth-order valence-electron chi connectivity index (χ4n) is 9.42. The van der Waals surface area contributed by atoms with E-state index >= 15 is 0 Å². The van der Waals surface area contributed by atoms with Gasteiger partial charge in [0.2, 0.25) is 0 Å². The number of fused-ring (bicyclic) bond motifs is 5. The van der Waals surface area contributed by atoms with Gasteiger partial charge >= 0.3 is 0 Å². The summed E-state index contributed by atoms with van der Waals surface area (Å²) in [5.41, 5.74) is 11.0. The van der Waals surface area contributed by atoms with Gasteiger partial charge in [-0.25, -0.2) is 0 Å². The largest absolute Gasteiger partial charge is 0.0767 e. The SMILES string of the molecule is C1=CC2C=CC(C3=c4ccccc4=C(C4=c5ccccc5=C(c5ccc(-c6ccccc6)cc5)C5C=CC=CC45)C4C=CC=CC34)=CC2C=C1. The number of benzene rings is 4. The Morgan fingerprint density at radius 3 is 1.32 bits per heavy atom. The second-order valence-electron chi connectivity index (χ2n) is 14.2. The molecule has 0 nitrogen and oxygen atoms in total. The van der Waals surface area contributed by atoms with Crippen LogP contribution in [0.3, 0.4) is 0 Å². The van der Waals surface area contributed by atoms with Crippen LogP contribution in [0, 0.1) is 35.5 Å². The Morgan fingerprint density at radius 1 is 0.300 bits per heavy atom. The highest BCUT2D eigenvalue weighted by Crippen LogP contribution is 2.48. The molecule has 6 unspecified atom stereocenters. The van der Waals surface area contributed by atoms with E-state index in [0.717, 1.165) is 0 Å². The first-order valence-corrected chi connectivity index (χ1v) is 18.1. The van der Waals surface area contributed by atoms with Gasteiger partial charge in [-0.15, -0.1) is 0 Å². The maximum atomic E-state index is 2.52. The van der Waals surface area contributed by atoms with Gasteiger partial charge in [-0.3, -0.25) is 0 Å². The molecule has 0 saturated heterocycles. The molecule has 6 aliphatic rings. The molecule has 0 heteroatoms. The number of hydrogen-bond donors (Lipinski definition) is 0. The van der Waals surface area contributed by atoms with Gasteiger partial charge in [0.15, 0.2) is 0 Å². The standard InChI is InChI=1S/C50H38/c1-2-14-33(15-3-1)35-26-29-36(30-27-35)47-39-18-6-10-22-43(39)49(44-23-11-7-19-40(44)47)50-45-24-12-8-20-41(45)48(42-21-9-13-25-46(42)50)38-31-28-34-16-4-5-17-37(34)32-38/h1-32,34,37,39,41,43,45H. The van der Waals surface area contributed by atoms with Crippen molar-refractivity contribution in [1.29, 1.82) is 0 Å². The first-order chi connectivity index (χ1) is 24.8. The molecule has 50 heavy (non-hydrogen) atoms. The van der Waals surface area contributed by atoms with Crippen LogP contribution in [-0.4, -0.2) is 0 Å². The summed E-state index contributed by atoms with van der Waals surface area (Å²) in [6.07, 6.45) is 35.3. The molecular weight excluding hydrogens is 601 g/mol. The molecule has 0 amide bonds. The highest BCUT2D eigenvalue weighted by Gasteiger charge is 2.39. The van der Waals surface area contributed by atoms with E-state index in [1.165, 1.54) is 65.4 Å². The van der Waals surface area contributed by atoms with Crippen molar-refractivity contribution in [3.63, 3.8) is 0 Å². The smallest absolute Gasteiger partial charge is 0.0137 e. The molecule has 0 fully saturated rings. The second kappa shape index (κ2) is 12.0. The molecular formula is C50H38. The van der Waals surface area contributed by atoms with Gasteiger partial charge in [-0.05, 0) is 65.4 Å². The quantitative estimate of drug-likeness (QED) is 0.211. The van der Waals surface area contributed by atoms with Gasteiger partial charge in [0.1, 0.15) is 0 Å². The van der Waals surface area contributed by atoms with Gasteiger partial charge < -0.3 is 0 Å². The highest BCUT2D eigenvalue weighted by molar-refractivity contribution is 5.98. The van der Waals surface area contributed by atoms with E-state index in [1.807, 2.05) is 0 Å².